The Hall–Kier alpha value is -2.82. The van der Waals surface area contributed by atoms with E-state index in [1.807, 2.05) is 54.6 Å². The molecule has 2 N–H and O–H groups in total. The zero-order valence-electron chi connectivity index (χ0n) is 16.9. The molecule has 0 bridgehead atoms. The van der Waals surface area contributed by atoms with Gasteiger partial charge in [0, 0.05) is 5.56 Å². The number of aliphatic hydroxyl groups is 1. The number of nitrogens with one attached hydrogen (secondary N) is 1. The van der Waals surface area contributed by atoms with E-state index in [-0.39, 0.29) is 0 Å². The predicted molar refractivity (Wildman–Crippen MR) is 118 cm³/mol. The van der Waals surface area contributed by atoms with Gasteiger partial charge in [-0.15, -0.1) is 0 Å². The average molecular weight is 407 g/mol. The molecule has 1 aromatic heterocycles. The molecule has 3 aromatic carbocycles. The molecule has 5 heteroatoms. The highest BCUT2D eigenvalue weighted by molar-refractivity contribution is 6.34. The largest absolute Gasteiger partial charge is 0.426 e. The molecule has 0 aliphatic carbocycles. The molecule has 4 nitrogen and oxygen atoms in total. The summed E-state index contributed by atoms with van der Waals surface area (Å²) in [6, 6.07) is 17.9. The SMILES string of the molecule is Cc1ccc(Oc2nc3cc(-c4ccc(C(C)(C)O)cc4)c(Cl)cc3[nH]2)cc1C. The molecule has 0 aliphatic heterocycles. The van der Waals surface area contributed by atoms with E-state index in [0.717, 1.165) is 33.5 Å². The summed E-state index contributed by atoms with van der Waals surface area (Å²) in [6.07, 6.45) is 0. The lowest BCUT2D eigenvalue weighted by Gasteiger charge is -2.18. The van der Waals surface area contributed by atoms with Crippen molar-refractivity contribution in [1.82, 2.24) is 9.97 Å². The van der Waals surface area contributed by atoms with E-state index < -0.39 is 5.60 Å². The molecule has 4 aromatic rings. The van der Waals surface area contributed by atoms with Crippen molar-refractivity contribution in [2.24, 2.45) is 0 Å². The van der Waals surface area contributed by atoms with E-state index in [2.05, 4.69) is 23.8 Å². The van der Waals surface area contributed by atoms with Crippen LogP contribution in [0, 0.1) is 13.8 Å². The fourth-order valence-corrected chi connectivity index (χ4v) is 3.50. The Labute approximate surface area is 175 Å². The third-order valence-corrected chi connectivity index (χ3v) is 5.46. The third kappa shape index (κ3) is 4.00. The molecule has 0 spiro atoms. The summed E-state index contributed by atoms with van der Waals surface area (Å²) < 4.78 is 5.90. The number of ether oxygens (including phenoxy) is 1. The zero-order chi connectivity index (χ0) is 20.8. The van der Waals surface area contributed by atoms with E-state index in [1.54, 1.807) is 13.8 Å². The minimum Gasteiger partial charge on any atom is -0.426 e. The van der Waals surface area contributed by atoms with Crippen LogP contribution in [-0.2, 0) is 5.60 Å². The smallest absolute Gasteiger partial charge is 0.300 e. The first-order valence-corrected chi connectivity index (χ1v) is 9.86. The van der Waals surface area contributed by atoms with Crippen LogP contribution in [0.3, 0.4) is 0 Å². The van der Waals surface area contributed by atoms with Crippen molar-refractivity contribution >= 4 is 22.6 Å². The highest BCUT2D eigenvalue weighted by atomic mass is 35.5. The van der Waals surface area contributed by atoms with E-state index >= 15 is 0 Å². The highest BCUT2D eigenvalue weighted by Gasteiger charge is 2.16. The molecule has 148 valence electrons. The van der Waals surface area contributed by atoms with Gasteiger partial charge in [-0.05, 0) is 74.2 Å². The maximum Gasteiger partial charge on any atom is 0.300 e. The Kier molecular flexibility index (Phi) is 4.85. The summed E-state index contributed by atoms with van der Waals surface area (Å²) in [5, 5.41) is 10.8. The number of benzene rings is 3. The quantitative estimate of drug-likeness (QED) is 0.405. The number of halogens is 1. The van der Waals surface area contributed by atoms with Gasteiger partial charge in [-0.25, -0.2) is 0 Å². The Balaban J connectivity index is 1.67. The highest BCUT2D eigenvalue weighted by Crippen LogP contribution is 2.34. The summed E-state index contributed by atoms with van der Waals surface area (Å²) in [5.74, 6) is 0.737. The lowest BCUT2D eigenvalue weighted by Crippen LogP contribution is -2.14. The maximum absolute atomic E-state index is 10.1. The van der Waals surface area contributed by atoms with Crippen LogP contribution < -0.4 is 4.74 Å². The molecule has 29 heavy (non-hydrogen) atoms. The second-order valence-corrected chi connectivity index (χ2v) is 8.28. The second-order valence-electron chi connectivity index (χ2n) is 7.88. The molecule has 0 saturated carbocycles. The Morgan fingerprint density at radius 3 is 2.34 bits per heavy atom. The molecule has 0 fully saturated rings. The van der Waals surface area contributed by atoms with Crippen molar-refractivity contribution in [3.8, 4) is 22.9 Å². The van der Waals surface area contributed by atoms with E-state index in [4.69, 9.17) is 16.3 Å². The lowest BCUT2D eigenvalue weighted by atomic mass is 9.95. The number of aryl methyl sites for hydroxylation is 2. The number of fused-ring (bicyclic) bond motifs is 1. The van der Waals surface area contributed by atoms with Crippen LogP contribution in [0.5, 0.6) is 11.8 Å². The number of aromatic amines is 1. The minimum atomic E-state index is -0.880. The number of hydrogen-bond donors (Lipinski definition) is 2. The molecule has 0 unspecified atom stereocenters. The number of H-pyrrole nitrogens is 1. The first kappa shape index (κ1) is 19.5. The van der Waals surface area contributed by atoms with Gasteiger partial charge in [0.15, 0.2) is 0 Å². The van der Waals surface area contributed by atoms with Crippen LogP contribution >= 0.6 is 11.6 Å². The molecule has 0 atom stereocenters. The molecule has 0 radical (unpaired) electrons. The number of hydrogen-bond acceptors (Lipinski definition) is 3. The van der Waals surface area contributed by atoms with Gasteiger partial charge in [-0.3, -0.25) is 0 Å². The zero-order valence-corrected chi connectivity index (χ0v) is 17.6. The van der Waals surface area contributed by atoms with Crippen LogP contribution in [0.4, 0.5) is 0 Å². The molecule has 1 heterocycles. The Bertz CT molecular complexity index is 1190. The fraction of sp³-hybridized carbons (Fsp3) is 0.208. The maximum atomic E-state index is 10.1. The number of imidazole rings is 1. The van der Waals surface area contributed by atoms with Crippen molar-refractivity contribution in [3.05, 3.63) is 76.3 Å². The van der Waals surface area contributed by atoms with Gasteiger partial charge in [0.25, 0.3) is 6.01 Å². The van der Waals surface area contributed by atoms with Crippen molar-refractivity contribution in [2.75, 3.05) is 0 Å². The molecule has 0 aliphatic rings. The number of rotatable bonds is 4. The van der Waals surface area contributed by atoms with Crippen LogP contribution in [0.2, 0.25) is 5.02 Å². The minimum absolute atomic E-state index is 0.425. The van der Waals surface area contributed by atoms with Crippen LogP contribution in [-0.4, -0.2) is 15.1 Å². The molecule has 4 rings (SSSR count). The molecular weight excluding hydrogens is 384 g/mol. The van der Waals surface area contributed by atoms with E-state index in [0.29, 0.717) is 11.0 Å². The van der Waals surface area contributed by atoms with E-state index in [9.17, 15) is 5.11 Å². The van der Waals surface area contributed by atoms with Crippen molar-refractivity contribution in [2.45, 2.75) is 33.3 Å². The predicted octanol–water partition coefficient (Wildman–Crippen LogP) is 6.52. The monoisotopic (exact) mass is 406 g/mol. The van der Waals surface area contributed by atoms with Crippen LogP contribution in [0.15, 0.2) is 54.6 Å². The number of aromatic nitrogens is 2. The van der Waals surface area contributed by atoms with Crippen molar-refractivity contribution in [3.63, 3.8) is 0 Å². The summed E-state index contributed by atoms with van der Waals surface area (Å²) >= 11 is 6.54. The second kappa shape index (κ2) is 7.21. The molecular formula is C24H23ClN2O2. The fourth-order valence-electron chi connectivity index (χ4n) is 3.22. The van der Waals surface area contributed by atoms with Gasteiger partial charge in [-0.1, -0.05) is 41.9 Å². The van der Waals surface area contributed by atoms with Gasteiger partial charge in [0.2, 0.25) is 0 Å². The lowest BCUT2D eigenvalue weighted by molar-refractivity contribution is 0.0786. The van der Waals surface area contributed by atoms with Crippen LogP contribution in [0.25, 0.3) is 22.2 Å². The average Bonchev–Trinajstić information content (AvgIpc) is 3.04. The first-order chi connectivity index (χ1) is 13.7. The summed E-state index contributed by atoms with van der Waals surface area (Å²) in [6.45, 7) is 7.65. The van der Waals surface area contributed by atoms with Gasteiger partial charge in [-0.2, -0.15) is 4.98 Å². The third-order valence-electron chi connectivity index (χ3n) is 5.14. The van der Waals surface area contributed by atoms with E-state index in [1.165, 1.54) is 11.1 Å². The van der Waals surface area contributed by atoms with Crippen molar-refractivity contribution in [1.29, 1.82) is 0 Å². The number of nitrogens with zero attached hydrogens (tertiary/aromatic N) is 1. The van der Waals surface area contributed by atoms with Gasteiger partial charge in [0.1, 0.15) is 5.75 Å². The van der Waals surface area contributed by atoms with Crippen molar-refractivity contribution < 1.29 is 9.84 Å². The normalized spacial score (nSPS) is 11.8. The standard InChI is InChI=1S/C24H23ClN2O2/c1-14-5-10-18(11-15(14)2)29-23-26-21-12-19(20(25)13-22(21)27-23)16-6-8-17(9-7-16)24(3,4)28/h5-13,28H,1-4H3,(H,26,27). The summed E-state index contributed by atoms with van der Waals surface area (Å²) in [7, 11) is 0. The van der Waals surface area contributed by atoms with Gasteiger partial charge < -0.3 is 14.8 Å². The van der Waals surface area contributed by atoms with Gasteiger partial charge in [0.05, 0.1) is 21.7 Å². The topological polar surface area (TPSA) is 58.1 Å². The first-order valence-electron chi connectivity index (χ1n) is 9.48. The Morgan fingerprint density at radius 1 is 0.966 bits per heavy atom. The summed E-state index contributed by atoms with van der Waals surface area (Å²) in [5.41, 5.74) is 5.78. The molecule has 0 saturated heterocycles. The summed E-state index contributed by atoms with van der Waals surface area (Å²) in [4.78, 5) is 7.74. The Morgan fingerprint density at radius 2 is 1.69 bits per heavy atom. The van der Waals surface area contributed by atoms with Crippen LogP contribution in [0.1, 0.15) is 30.5 Å². The van der Waals surface area contributed by atoms with Gasteiger partial charge >= 0.3 is 0 Å². The molecule has 0 amide bonds.